The molecule has 2 unspecified atom stereocenters. The van der Waals surface area contributed by atoms with Gasteiger partial charge in [-0.05, 0) is 12.8 Å². The van der Waals surface area contributed by atoms with Crippen LogP contribution in [0.2, 0.25) is 0 Å². The van der Waals surface area contributed by atoms with E-state index < -0.39 is 0 Å². The second-order valence-corrected chi connectivity index (χ2v) is 5.70. The maximum Gasteiger partial charge on any atom is 0.481 e. The van der Waals surface area contributed by atoms with Gasteiger partial charge < -0.3 is 9.13 Å². The van der Waals surface area contributed by atoms with Gasteiger partial charge in [0.15, 0.2) is 0 Å². The number of piperidine rings is 3. The molecule has 0 amide bonds. The van der Waals surface area contributed by atoms with Crippen LogP contribution in [0.25, 0.3) is 0 Å². The van der Waals surface area contributed by atoms with Crippen LogP contribution in [0.4, 0.5) is 0 Å². The van der Waals surface area contributed by atoms with E-state index in [0.717, 1.165) is 29.9 Å². The summed E-state index contributed by atoms with van der Waals surface area (Å²) < 4.78 is 6.20. The highest BCUT2D eigenvalue weighted by Crippen LogP contribution is 2.47. The van der Waals surface area contributed by atoms with E-state index in [0.29, 0.717) is 11.8 Å². The van der Waals surface area contributed by atoms with Gasteiger partial charge in [-0.1, -0.05) is 0 Å². The van der Waals surface area contributed by atoms with E-state index in [1.54, 1.807) is 0 Å². The van der Waals surface area contributed by atoms with Crippen molar-refractivity contribution in [2.24, 2.45) is 17.8 Å². The summed E-state index contributed by atoms with van der Waals surface area (Å²) in [5.41, 5.74) is 0. The zero-order valence-corrected chi connectivity index (χ0v) is 9.19. The number of quaternary nitrogens is 1. The van der Waals surface area contributed by atoms with Gasteiger partial charge in [0.25, 0.3) is 0 Å². The van der Waals surface area contributed by atoms with Crippen LogP contribution in [0.5, 0.6) is 0 Å². The van der Waals surface area contributed by atoms with Crippen molar-refractivity contribution in [1.29, 1.82) is 0 Å². The van der Waals surface area contributed by atoms with Gasteiger partial charge in [-0.25, -0.2) is 0 Å². The SMILES string of the molecule is [B][N+]12CC3CC(C1)C(OC(C)=O)C(C3)C2. The van der Waals surface area contributed by atoms with Crippen LogP contribution < -0.4 is 0 Å². The van der Waals surface area contributed by atoms with Crippen molar-refractivity contribution in [2.45, 2.75) is 25.9 Å². The molecule has 0 aromatic heterocycles. The Kier molecular flexibility index (Phi) is 1.94. The van der Waals surface area contributed by atoms with Crippen molar-refractivity contribution < 1.29 is 13.9 Å². The molecule has 4 fully saturated rings. The highest BCUT2D eigenvalue weighted by Gasteiger charge is 2.55. The second-order valence-electron chi connectivity index (χ2n) is 5.70. The summed E-state index contributed by atoms with van der Waals surface area (Å²) in [5.74, 6) is 1.68. The monoisotopic (exact) mass is 206 g/mol. The highest BCUT2D eigenvalue weighted by atomic mass is 16.5. The Hall–Kier alpha value is -0.505. The first-order chi connectivity index (χ1) is 7.06. The van der Waals surface area contributed by atoms with E-state index >= 15 is 0 Å². The van der Waals surface area contributed by atoms with E-state index in [1.807, 2.05) is 0 Å². The summed E-state index contributed by atoms with van der Waals surface area (Å²) >= 11 is 0. The number of hydrogen-bond acceptors (Lipinski definition) is 2. The average Bonchev–Trinajstić information content (AvgIpc) is 2.08. The largest absolute Gasteiger partial charge is 0.481 e. The number of carbonyl (C=O) groups is 1. The third-order valence-corrected chi connectivity index (χ3v) is 4.32. The Balaban J connectivity index is 1.82. The lowest BCUT2D eigenvalue weighted by molar-refractivity contribution is -0.852. The Labute approximate surface area is 91.8 Å². The fraction of sp³-hybridized carbons (Fsp3) is 0.909. The molecule has 3 saturated heterocycles. The Morgan fingerprint density at radius 2 is 1.87 bits per heavy atom. The van der Waals surface area contributed by atoms with Crippen LogP contribution in [0.3, 0.4) is 0 Å². The predicted molar refractivity (Wildman–Crippen MR) is 55.9 cm³/mol. The molecule has 4 aliphatic rings. The van der Waals surface area contributed by atoms with Gasteiger partial charge in [-0.2, -0.15) is 0 Å². The molecule has 0 spiro atoms. The normalized spacial score (nSPS) is 51.8. The van der Waals surface area contributed by atoms with E-state index in [9.17, 15) is 4.79 Å². The Morgan fingerprint density at radius 1 is 1.27 bits per heavy atom. The molecule has 3 aliphatic heterocycles. The number of ether oxygens (including phenoxy) is 1. The zero-order chi connectivity index (χ0) is 10.6. The molecule has 3 nitrogen and oxygen atoms in total. The van der Waals surface area contributed by atoms with E-state index in [-0.39, 0.29) is 12.1 Å². The van der Waals surface area contributed by atoms with Crippen molar-refractivity contribution in [3.05, 3.63) is 0 Å². The first-order valence-corrected chi connectivity index (χ1v) is 5.88. The van der Waals surface area contributed by atoms with Gasteiger partial charge in [0.1, 0.15) is 6.10 Å². The Morgan fingerprint density at radius 3 is 2.33 bits per heavy atom. The van der Waals surface area contributed by atoms with Crippen molar-refractivity contribution in [3.63, 3.8) is 0 Å². The van der Waals surface area contributed by atoms with Crippen LogP contribution >= 0.6 is 0 Å². The molecule has 2 radical (unpaired) electrons. The van der Waals surface area contributed by atoms with E-state index in [2.05, 4.69) is 0 Å². The number of rotatable bonds is 1. The van der Waals surface area contributed by atoms with Crippen LogP contribution in [0.1, 0.15) is 19.8 Å². The summed E-state index contributed by atoms with van der Waals surface area (Å²) in [5, 5.41) is 0. The summed E-state index contributed by atoms with van der Waals surface area (Å²) in [7, 11) is 6.31. The van der Waals surface area contributed by atoms with Crippen LogP contribution in [-0.4, -0.2) is 44.1 Å². The predicted octanol–water partition coefficient (Wildman–Crippen LogP) is 0.488. The van der Waals surface area contributed by atoms with Gasteiger partial charge in [0, 0.05) is 24.7 Å². The van der Waals surface area contributed by atoms with Gasteiger partial charge >= 0.3 is 14.0 Å². The molecule has 4 bridgehead atoms. The first kappa shape index (κ1) is 9.70. The summed E-state index contributed by atoms with van der Waals surface area (Å²) in [6.45, 7) is 4.66. The Bertz CT molecular complexity index is 291. The molecule has 4 heteroatoms. The fourth-order valence-corrected chi connectivity index (χ4v) is 4.17. The van der Waals surface area contributed by atoms with Crippen LogP contribution in [0.15, 0.2) is 0 Å². The van der Waals surface area contributed by atoms with Crippen molar-refractivity contribution >= 4 is 14.0 Å². The molecule has 3 heterocycles. The lowest BCUT2D eigenvalue weighted by Crippen LogP contribution is -2.69. The third-order valence-electron chi connectivity index (χ3n) is 4.32. The molecule has 0 N–H and O–H groups in total. The van der Waals surface area contributed by atoms with Gasteiger partial charge in [-0.15, -0.1) is 0 Å². The topological polar surface area (TPSA) is 26.3 Å². The molecule has 4 rings (SSSR count). The molecule has 1 saturated carbocycles. The maximum atomic E-state index is 11.1. The molecule has 15 heavy (non-hydrogen) atoms. The lowest BCUT2D eigenvalue weighted by Gasteiger charge is -2.59. The number of nitrogens with zero attached hydrogens (tertiary/aromatic N) is 1. The second kappa shape index (κ2) is 3.00. The minimum atomic E-state index is -0.133. The minimum Gasteiger partial charge on any atom is -0.461 e. The van der Waals surface area contributed by atoms with Crippen molar-refractivity contribution in [2.75, 3.05) is 19.6 Å². The number of hydrogen-bond donors (Lipinski definition) is 0. The first-order valence-electron chi connectivity index (χ1n) is 5.88. The summed E-state index contributed by atoms with van der Waals surface area (Å²) in [4.78, 5) is 11.1. The average molecular weight is 206 g/mol. The van der Waals surface area contributed by atoms with Gasteiger partial charge in [-0.3, -0.25) is 4.79 Å². The molecule has 0 aromatic rings. The third kappa shape index (κ3) is 1.50. The van der Waals surface area contributed by atoms with Gasteiger partial charge in [0.05, 0.1) is 19.6 Å². The van der Waals surface area contributed by atoms with Crippen LogP contribution in [-0.2, 0) is 9.53 Å². The van der Waals surface area contributed by atoms with E-state index in [4.69, 9.17) is 12.7 Å². The standard InChI is InChI=1S/C11H17BNO2/c1-7(14)15-11-9-2-8-3-10(11)6-13(12,4-8)5-9/h8-11H,2-6H2,1H3/q+1. The number of carbonyl (C=O) groups excluding carboxylic acids is 1. The van der Waals surface area contributed by atoms with Crippen molar-refractivity contribution in [1.82, 2.24) is 0 Å². The molecular weight excluding hydrogens is 189 g/mol. The van der Waals surface area contributed by atoms with Crippen molar-refractivity contribution in [3.8, 4) is 0 Å². The number of esters is 1. The quantitative estimate of drug-likeness (QED) is 0.461. The minimum absolute atomic E-state index is 0.133. The maximum absolute atomic E-state index is 11.1. The molecule has 0 aromatic carbocycles. The lowest BCUT2D eigenvalue weighted by atomic mass is 9.63. The molecular formula is C11H17BNO2+. The van der Waals surface area contributed by atoms with Gasteiger partial charge in [0.2, 0.25) is 0 Å². The molecule has 2 atom stereocenters. The molecule has 1 aliphatic carbocycles. The smallest absolute Gasteiger partial charge is 0.461 e. The zero-order valence-electron chi connectivity index (χ0n) is 9.19. The fourth-order valence-electron chi connectivity index (χ4n) is 4.17. The summed E-state index contributed by atoms with van der Waals surface area (Å²) in [6, 6.07) is 0. The summed E-state index contributed by atoms with van der Waals surface area (Å²) in [6.07, 6.45) is 2.59. The van der Waals surface area contributed by atoms with E-state index in [1.165, 1.54) is 19.8 Å². The van der Waals surface area contributed by atoms with Crippen LogP contribution in [0, 0.1) is 17.8 Å². The highest BCUT2D eigenvalue weighted by molar-refractivity contribution is 5.97. The molecule has 80 valence electrons.